The summed E-state index contributed by atoms with van der Waals surface area (Å²) in [7, 11) is 1.87. The summed E-state index contributed by atoms with van der Waals surface area (Å²) in [6.07, 6.45) is 3.40. The molecule has 0 heterocycles. The van der Waals surface area contributed by atoms with E-state index in [-0.39, 0.29) is 0 Å². The Morgan fingerprint density at radius 1 is 1.08 bits per heavy atom. The molecule has 2 aromatic carbocycles. The molecule has 37 heavy (non-hydrogen) atoms. The summed E-state index contributed by atoms with van der Waals surface area (Å²) in [6.45, 7) is 9.22. The Bertz CT molecular complexity index is 1030. The Labute approximate surface area is 221 Å². The van der Waals surface area contributed by atoms with Crippen molar-refractivity contribution in [2.45, 2.75) is 46.0 Å². The van der Waals surface area contributed by atoms with Gasteiger partial charge in [0, 0.05) is 24.3 Å². The number of aryl methyl sites for hydroxylation is 1. The summed E-state index contributed by atoms with van der Waals surface area (Å²) in [4.78, 5) is 15.7. The van der Waals surface area contributed by atoms with Gasteiger partial charge in [-0.2, -0.15) is 0 Å². The van der Waals surface area contributed by atoms with Crippen LogP contribution in [0.2, 0.25) is 0 Å². The summed E-state index contributed by atoms with van der Waals surface area (Å²) in [5.41, 5.74) is 9.24. The van der Waals surface area contributed by atoms with Crippen LogP contribution in [-0.4, -0.2) is 62.5 Å². The van der Waals surface area contributed by atoms with Crippen LogP contribution < -0.4 is 26.2 Å². The van der Waals surface area contributed by atoms with Crippen molar-refractivity contribution in [2.24, 2.45) is 5.84 Å². The molecule has 0 unspecified atom stereocenters. The molecule has 5 N–H and O–H groups in total. The van der Waals surface area contributed by atoms with Gasteiger partial charge in [-0.1, -0.05) is 32.0 Å². The Balaban J connectivity index is 1.74. The number of nitrogens with two attached hydrogens (primary N) is 1. The second-order valence-corrected chi connectivity index (χ2v) is 9.41. The molecular formula is C29H43N5O3. The third-order valence-electron chi connectivity index (χ3n) is 7.04. The minimum Gasteiger partial charge on any atom is -0.492 e. The molecule has 3 rings (SSSR count). The predicted molar refractivity (Wildman–Crippen MR) is 151 cm³/mol. The maximum absolute atomic E-state index is 11.9. The maximum Gasteiger partial charge on any atom is 0.411 e. The molecule has 0 radical (unpaired) electrons. The highest BCUT2D eigenvalue weighted by Crippen LogP contribution is 2.33. The van der Waals surface area contributed by atoms with Gasteiger partial charge in [-0.05, 0) is 99.8 Å². The lowest BCUT2D eigenvalue weighted by molar-refractivity contribution is 0.201. The minimum atomic E-state index is -0.932. The van der Waals surface area contributed by atoms with Crippen LogP contribution >= 0.6 is 0 Å². The van der Waals surface area contributed by atoms with Gasteiger partial charge in [-0.25, -0.2) is 4.79 Å². The first kappa shape index (κ1) is 28.5. The number of allylic oxidation sites excluding steroid dienone is 1. The molecule has 1 aliphatic carbocycles. The van der Waals surface area contributed by atoms with E-state index in [0.29, 0.717) is 18.8 Å². The lowest BCUT2D eigenvalue weighted by Crippen LogP contribution is -2.32. The smallest absolute Gasteiger partial charge is 0.411 e. The van der Waals surface area contributed by atoms with E-state index in [2.05, 4.69) is 41.6 Å². The van der Waals surface area contributed by atoms with Crippen LogP contribution in [0.5, 0.6) is 5.75 Å². The van der Waals surface area contributed by atoms with Crippen LogP contribution in [0.4, 0.5) is 10.5 Å². The number of benzene rings is 2. The largest absolute Gasteiger partial charge is 0.492 e. The third-order valence-corrected chi connectivity index (χ3v) is 7.04. The Hall–Kier alpha value is -3.07. The van der Waals surface area contributed by atoms with Crippen LogP contribution in [0.15, 0.2) is 48.0 Å². The average Bonchev–Trinajstić information content (AvgIpc) is 3.08. The fourth-order valence-corrected chi connectivity index (χ4v) is 4.89. The number of hydrazine groups is 1. The molecule has 202 valence electrons. The first-order chi connectivity index (χ1) is 18.0. The second-order valence-electron chi connectivity index (χ2n) is 9.41. The van der Waals surface area contributed by atoms with E-state index >= 15 is 0 Å². The number of hydrogen-bond acceptors (Lipinski definition) is 6. The number of fused-ring (bicyclic) bond motifs is 1. The van der Waals surface area contributed by atoms with Crippen LogP contribution in [-0.2, 0) is 12.8 Å². The number of ether oxygens (including phenoxy) is 1. The quantitative estimate of drug-likeness (QED) is 0.171. The molecule has 0 bridgehead atoms. The molecule has 0 saturated heterocycles. The number of hydrogen-bond donors (Lipinski definition) is 4. The van der Waals surface area contributed by atoms with E-state index in [1.165, 1.54) is 16.0 Å². The van der Waals surface area contributed by atoms with Crippen molar-refractivity contribution in [2.75, 3.05) is 51.3 Å². The first-order valence-corrected chi connectivity index (χ1v) is 13.4. The highest BCUT2D eigenvalue weighted by atomic mass is 16.5. The highest BCUT2D eigenvalue weighted by Gasteiger charge is 2.20. The maximum atomic E-state index is 11.9. The van der Waals surface area contributed by atoms with E-state index < -0.39 is 6.09 Å². The standard InChI is InChI=1S/C29H43N5O3/c1-4-33(5-2)18-19-37-26-13-10-22(11-14-26)20-24-9-6-8-23-21-25(12-15-27(23)28(24)32-30)34(29(35)36)17-7-16-31-3/h10-15,21,31-32H,4-9,16-20,30H2,1-3H3,(H,35,36). The number of nitrogens with zero attached hydrogens (tertiary/aromatic N) is 2. The molecule has 0 aliphatic heterocycles. The van der Waals surface area contributed by atoms with Gasteiger partial charge in [0.1, 0.15) is 12.4 Å². The lowest BCUT2D eigenvalue weighted by atomic mass is 9.97. The van der Waals surface area contributed by atoms with Gasteiger partial charge in [0.25, 0.3) is 0 Å². The molecule has 8 heteroatoms. The van der Waals surface area contributed by atoms with Crippen LogP contribution in [0.3, 0.4) is 0 Å². The van der Waals surface area contributed by atoms with E-state index in [0.717, 1.165) is 80.9 Å². The van der Waals surface area contributed by atoms with Crippen molar-refractivity contribution >= 4 is 17.5 Å². The monoisotopic (exact) mass is 509 g/mol. The third kappa shape index (κ3) is 7.95. The van der Waals surface area contributed by atoms with Crippen LogP contribution in [0.25, 0.3) is 5.70 Å². The highest BCUT2D eigenvalue weighted by molar-refractivity contribution is 5.87. The molecule has 8 nitrogen and oxygen atoms in total. The van der Waals surface area contributed by atoms with Crippen LogP contribution in [0.1, 0.15) is 49.8 Å². The zero-order valence-corrected chi connectivity index (χ0v) is 22.6. The number of nitrogens with one attached hydrogen (secondary N) is 2. The first-order valence-electron chi connectivity index (χ1n) is 13.4. The molecule has 0 fully saturated rings. The predicted octanol–water partition coefficient (Wildman–Crippen LogP) is 4.25. The van der Waals surface area contributed by atoms with Crippen molar-refractivity contribution in [1.29, 1.82) is 0 Å². The normalized spacial score (nSPS) is 13.3. The molecule has 0 spiro atoms. The topological polar surface area (TPSA) is 103 Å². The van der Waals surface area contributed by atoms with Crippen molar-refractivity contribution < 1.29 is 14.6 Å². The summed E-state index contributed by atoms with van der Waals surface area (Å²) >= 11 is 0. The fourth-order valence-electron chi connectivity index (χ4n) is 4.89. The summed E-state index contributed by atoms with van der Waals surface area (Å²) < 4.78 is 5.94. The van der Waals surface area contributed by atoms with Crippen molar-refractivity contribution in [1.82, 2.24) is 15.6 Å². The lowest BCUT2D eigenvalue weighted by Gasteiger charge is -2.22. The van der Waals surface area contributed by atoms with Crippen molar-refractivity contribution in [3.05, 3.63) is 64.7 Å². The van der Waals surface area contributed by atoms with Gasteiger partial charge < -0.3 is 25.5 Å². The van der Waals surface area contributed by atoms with Crippen molar-refractivity contribution in [3.63, 3.8) is 0 Å². The summed E-state index contributed by atoms with van der Waals surface area (Å²) in [5.74, 6) is 6.93. The number of anilines is 1. The van der Waals surface area contributed by atoms with Gasteiger partial charge in [-0.15, -0.1) is 0 Å². The zero-order valence-electron chi connectivity index (χ0n) is 22.6. The molecule has 0 atom stereocenters. The molecule has 1 aliphatic rings. The van der Waals surface area contributed by atoms with Crippen molar-refractivity contribution in [3.8, 4) is 5.75 Å². The van der Waals surface area contributed by atoms with E-state index in [1.54, 1.807) is 0 Å². The average molecular weight is 510 g/mol. The Kier molecular flexibility index (Phi) is 11.3. The van der Waals surface area contributed by atoms with Gasteiger partial charge in [-0.3, -0.25) is 10.7 Å². The SMILES string of the molecule is CCN(CC)CCOc1ccc(CC2=C(NN)c3ccc(N(CCCNC)C(=O)O)cc3CCC2)cc1. The second kappa shape index (κ2) is 14.6. The Morgan fingerprint density at radius 2 is 1.84 bits per heavy atom. The van der Waals surface area contributed by atoms with Gasteiger partial charge >= 0.3 is 6.09 Å². The minimum absolute atomic E-state index is 0.452. The summed E-state index contributed by atoms with van der Waals surface area (Å²) in [5, 5.41) is 12.8. The Morgan fingerprint density at radius 3 is 2.49 bits per heavy atom. The van der Waals surface area contributed by atoms with Crippen LogP contribution in [0, 0.1) is 0 Å². The zero-order chi connectivity index (χ0) is 26.6. The number of amides is 1. The number of rotatable bonds is 14. The number of carbonyl (C=O) groups is 1. The van der Waals surface area contributed by atoms with Gasteiger partial charge in [0.05, 0.1) is 5.70 Å². The molecule has 0 aromatic heterocycles. The molecule has 1 amide bonds. The summed E-state index contributed by atoms with van der Waals surface area (Å²) in [6, 6.07) is 14.2. The fraction of sp³-hybridized carbons (Fsp3) is 0.483. The molecular weight excluding hydrogens is 466 g/mol. The van der Waals surface area contributed by atoms with E-state index in [9.17, 15) is 9.90 Å². The molecule has 0 saturated carbocycles. The number of carboxylic acid groups (broad SMARTS) is 1. The number of likely N-dealkylation sites (N-methyl/N-ethyl adjacent to an activating group) is 1. The molecule has 2 aromatic rings. The van der Waals surface area contributed by atoms with E-state index in [4.69, 9.17) is 10.6 Å². The van der Waals surface area contributed by atoms with E-state index in [1.807, 2.05) is 37.4 Å². The van der Waals surface area contributed by atoms with Gasteiger partial charge in [0.2, 0.25) is 0 Å². The van der Waals surface area contributed by atoms with Gasteiger partial charge in [0.15, 0.2) is 0 Å².